The maximum atomic E-state index is 12.4. The van der Waals surface area contributed by atoms with Gasteiger partial charge < -0.3 is 15.2 Å². The third-order valence-corrected chi connectivity index (χ3v) is 5.00. The number of carbonyl (C=O) groups excluding carboxylic acids is 1. The number of ether oxygens (including phenoxy) is 1. The standard InChI is InChI=1S/C15H23NO4/c1-8-6-10(11(7-8)15(18)19)14(17)16-12-4-5-20-13(12)9-2-3-9/h8-13H,2-7H2,1H3,(H,16,17)(H,18,19). The lowest BCUT2D eigenvalue weighted by atomic mass is 9.94. The van der Waals surface area contributed by atoms with Crippen molar-refractivity contribution in [3.05, 3.63) is 0 Å². The van der Waals surface area contributed by atoms with Crippen LogP contribution in [0.4, 0.5) is 0 Å². The van der Waals surface area contributed by atoms with Gasteiger partial charge in [-0.25, -0.2) is 0 Å². The molecule has 5 unspecified atom stereocenters. The molecule has 2 aliphatic carbocycles. The summed E-state index contributed by atoms with van der Waals surface area (Å²) in [7, 11) is 0. The minimum atomic E-state index is -0.837. The van der Waals surface area contributed by atoms with Crippen LogP contribution in [0.1, 0.15) is 39.0 Å². The highest BCUT2D eigenvalue weighted by atomic mass is 16.5. The van der Waals surface area contributed by atoms with Crippen LogP contribution in [-0.2, 0) is 14.3 Å². The molecule has 0 spiro atoms. The second kappa shape index (κ2) is 5.35. The summed E-state index contributed by atoms with van der Waals surface area (Å²) in [5.74, 6) is -0.903. The zero-order valence-corrected chi connectivity index (χ0v) is 11.9. The van der Waals surface area contributed by atoms with Gasteiger partial charge in [0.05, 0.1) is 24.0 Å². The molecule has 112 valence electrons. The Hall–Kier alpha value is -1.10. The second-order valence-corrected chi connectivity index (χ2v) is 6.70. The molecule has 0 aromatic carbocycles. The van der Waals surface area contributed by atoms with Crippen LogP contribution in [0.3, 0.4) is 0 Å². The maximum absolute atomic E-state index is 12.4. The van der Waals surface area contributed by atoms with Gasteiger partial charge in [0.1, 0.15) is 0 Å². The van der Waals surface area contributed by atoms with Crippen LogP contribution in [0.25, 0.3) is 0 Å². The number of aliphatic carboxylic acids is 1. The van der Waals surface area contributed by atoms with Gasteiger partial charge in [0.15, 0.2) is 0 Å². The third kappa shape index (κ3) is 2.68. The molecule has 20 heavy (non-hydrogen) atoms. The largest absolute Gasteiger partial charge is 0.481 e. The summed E-state index contributed by atoms with van der Waals surface area (Å²) in [5.41, 5.74) is 0. The molecule has 2 N–H and O–H groups in total. The van der Waals surface area contributed by atoms with Gasteiger partial charge in [-0.15, -0.1) is 0 Å². The molecular weight excluding hydrogens is 258 g/mol. The molecule has 1 heterocycles. The summed E-state index contributed by atoms with van der Waals surface area (Å²) >= 11 is 0. The van der Waals surface area contributed by atoms with Crippen molar-refractivity contribution in [2.45, 2.75) is 51.2 Å². The fraction of sp³-hybridized carbons (Fsp3) is 0.867. The number of carbonyl (C=O) groups is 2. The Morgan fingerprint density at radius 2 is 1.85 bits per heavy atom. The monoisotopic (exact) mass is 281 g/mol. The molecule has 3 aliphatic rings. The quantitative estimate of drug-likeness (QED) is 0.817. The van der Waals surface area contributed by atoms with Crippen LogP contribution in [0.2, 0.25) is 0 Å². The molecule has 3 rings (SSSR count). The van der Waals surface area contributed by atoms with E-state index in [1.54, 1.807) is 0 Å². The maximum Gasteiger partial charge on any atom is 0.307 e. The predicted molar refractivity (Wildman–Crippen MR) is 72.0 cm³/mol. The molecular formula is C15H23NO4. The van der Waals surface area contributed by atoms with Gasteiger partial charge in [-0.2, -0.15) is 0 Å². The number of hydrogen-bond acceptors (Lipinski definition) is 3. The van der Waals surface area contributed by atoms with Gasteiger partial charge in [-0.3, -0.25) is 9.59 Å². The average molecular weight is 281 g/mol. The lowest BCUT2D eigenvalue weighted by Crippen LogP contribution is -2.45. The van der Waals surface area contributed by atoms with Crippen molar-refractivity contribution in [2.24, 2.45) is 23.7 Å². The summed E-state index contributed by atoms with van der Waals surface area (Å²) in [6.07, 6.45) is 4.68. The van der Waals surface area contributed by atoms with Crippen LogP contribution in [0.15, 0.2) is 0 Å². The molecule has 0 bridgehead atoms. The van der Waals surface area contributed by atoms with Gasteiger partial charge in [0.2, 0.25) is 5.91 Å². The van der Waals surface area contributed by atoms with E-state index in [-0.39, 0.29) is 24.0 Å². The summed E-state index contributed by atoms with van der Waals surface area (Å²) in [5, 5.41) is 12.3. The molecule has 2 saturated carbocycles. The lowest BCUT2D eigenvalue weighted by Gasteiger charge is -2.23. The third-order valence-electron chi connectivity index (χ3n) is 5.00. The topological polar surface area (TPSA) is 75.6 Å². The minimum absolute atomic E-state index is 0.0806. The summed E-state index contributed by atoms with van der Waals surface area (Å²) in [6.45, 7) is 2.73. The van der Waals surface area contributed by atoms with Gasteiger partial charge in [0.25, 0.3) is 0 Å². The number of hydrogen-bond donors (Lipinski definition) is 2. The molecule has 1 amide bonds. The molecule has 0 radical (unpaired) electrons. The van der Waals surface area contributed by atoms with Crippen molar-refractivity contribution >= 4 is 11.9 Å². The first-order chi connectivity index (χ1) is 9.56. The highest BCUT2D eigenvalue weighted by Gasteiger charge is 2.45. The van der Waals surface area contributed by atoms with Crippen LogP contribution in [0, 0.1) is 23.7 Å². The van der Waals surface area contributed by atoms with Crippen molar-refractivity contribution in [3.63, 3.8) is 0 Å². The molecule has 1 saturated heterocycles. The number of carboxylic acids is 1. The molecule has 0 aromatic rings. The minimum Gasteiger partial charge on any atom is -0.481 e. The number of amides is 1. The highest BCUT2D eigenvalue weighted by molar-refractivity contribution is 5.85. The van der Waals surface area contributed by atoms with E-state index in [0.29, 0.717) is 31.3 Å². The highest BCUT2D eigenvalue weighted by Crippen LogP contribution is 2.40. The Kier molecular flexibility index (Phi) is 3.71. The van der Waals surface area contributed by atoms with Gasteiger partial charge in [0, 0.05) is 6.61 Å². The molecule has 1 aliphatic heterocycles. The fourth-order valence-corrected chi connectivity index (χ4v) is 3.80. The number of nitrogens with one attached hydrogen (secondary N) is 1. The van der Waals surface area contributed by atoms with E-state index >= 15 is 0 Å². The van der Waals surface area contributed by atoms with E-state index < -0.39 is 11.9 Å². The zero-order chi connectivity index (χ0) is 14.3. The second-order valence-electron chi connectivity index (χ2n) is 6.70. The summed E-state index contributed by atoms with van der Waals surface area (Å²) < 4.78 is 5.72. The van der Waals surface area contributed by atoms with Crippen LogP contribution in [-0.4, -0.2) is 35.7 Å². The van der Waals surface area contributed by atoms with Crippen molar-refractivity contribution in [2.75, 3.05) is 6.61 Å². The van der Waals surface area contributed by atoms with Crippen molar-refractivity contribution in [1.29, 1.82) is 0 Å². The smallest absolute Gasteiger partial charge is 0.307 e. The first-order valence-electron chi connectivity index (χ1n) is 7.71. The Morgan fingerprint density at radius 1 is 1.15 bits per heavy atom. The Balaban J connectivity index is 1.61. The molecule has 5 atom stereocenters. The van der Waals surface area contributed by atoms with Crippen LogP contribution >= 0.6 is 0 Å². The van der Waals surface area contributed by atoms with Crippen molar-refractivity contribution in [1.82, 2.24) is 5.32 Å². The zero-order valence-electron chi connectivity index (χ0n) is 11.9. The van der Waals surface area contributed by atoms with Gasteiger partial charge >= 0.3 is 5.97 Å². The van der Waals surface area contributed by atoms with Crippen LogP contribution < -0.4 is 5.32 Å². The Morgan fingerprint density at radius 3 is 2.50 bits per heavy atom. The van der Waals surface area contributed by atoms with Crippen molar-refractivity contribution < 1.29 is 19.4 Å². The van der Waals surface area contributed by atoms with E-state index in [9.17, 15) is 14.7 Å². The van der Waals surface area contributed by atoms with E-state index in [0.717, 1.165) is 6.42 Å². The fourth-order valence-electron chi connectivity index (χ4n) is 3.80. The van der Waals surface area contributed by atoms with E-state index in [1.807, 2.05) is 6.92 Å². The molecule has 0 aromatic heterocycles. The molecule has 5 nitrogen and oxygen atoms in total. The van der Waals surface area contributed by atoms with Crippen molar-refractivity contribution in [3.8, 4) is 0 Å². The summed E-state index contributed by atoms with van der Waals surface area (Å²) in [6, 6.07) is 0.0837. The lowest BCUT2D eigenvalue weighted by molar-refractivity contribution is -0.146. The molecule has 5 heteroatoms. The van der Waals surface area contributed by atoms with E-state index in [4.69, 9.17) is 4.74 Å². The summed E-state index contributed by atoms with van der Waals surface area (Å²) in [4.78, 5) is 23.7. The van der Waals surface area contributed by atoms with Crippen LogP contribution in [0.5, 0.6) is 0 Å². The van der Waals surface area contributed by atoms with Gasteiger partial charge in [-0.05, 0) is 43.9 Å². The first-order valence-corrected chi connectivity index (χ1v) is 7.71. The van der Waals surface area contributed by atoms with E-state index in [2.05, 4.69) is 5.32 Å². The van der Waals surface area contributed by atoms with Gasteiger partial charge in [-0.1, -0.05) is 6.92 Å². The predicted octanol–water partition coefficient (Wildman–Crippen LogP) is 1.42. The normalized spacial score (nSPS) is 40.8. The Labute approximate surface area is 119 Å². The number of carboxylic acid groups (broad SMARTS) is 1. The SMILES string of the molecule is CC1CC(C(=O)O)C(C(=O)NC2CCOC2C2CC2)C1. The van der Waals surface area contributed by atoms with E-state index in [1.165, 1.54) is 12.8 Å². The average Bonchev–Trinajstić information content (AvgIpc) is 3.00. The molecule has 3 fully saturated rings. The first kappa shape index (κ1) is 13.9. The number of rotatable bonds is 4. The Bertz CT molecular complexity index is 407.